The Balaban J connectivity index is 1.59. The summed E-state index contributed by atoms with van der Waals surface area (Å²) in [6.07, 6.45) is 0.254. The van der Waals surface area contributed by atoms with E-state index in [0.29, 0.717) is 12.1 Å². The minimum atomic E-state index is -0.354. The Morgan fingerprint density at radius 3 is 2.24 bits per heavy atom. The third kappa shape index (κ3) is 5.23. The molecule has 0 radical (unpaired) electrons. The van der Waals surface area contributed by atoms with E-state index in [1.165, 1.54) is 5.56 Å². The van der Waals surface area contributed by atoms with Crippen molar-refractivity contribution in [3.8, 4) is 0 Å². The molecule has 4 heteroatoms. The van der Waals surface area contributed by atoms with Gasteiger partial charge in [-0.15, -0.1) is 0 Å². The molecular formula is C25H27NO3. The molecule has 0 N–H and O–H groups in total. The zero-order valence-corrected chi connectivity index (χ0v) is 17.2. The van der Waals surface area contributed by atoms with Crippen molar-refractivity contribution in [2.45, 2.75) is 39.7 Å². The number of carbonyl (C=O) groups is 2. The third-order valence-corrected chi connectivity index (χ3v) is 5.26. The van der Waals surface area contributed by atoms with Crippen molar-refractivity contribution in [1.29, 1.82) is 0 Å². The number of hydrogen-bond donors (Lipinski definition) is 0. The number of ether oxygens (including phenoxy) is 1. The summed E-state index contributed by atoms with van der Waals surface area (Å²) >= 11 is 0. The molecule has 0 aliphatic heterocycles. The lowest BCUT2D eigenvalue weighted by Gasteiger charge is -2.12. The highest BCUT2D eigenvalue weighted by Gasteiger charge is 2.18. The van der Waals surface area contributed by atoms with Crippen LogP contribution in [-0.4, -0.2) is 22.9 Å². The van der Waals surface area contributed by atoms with E-state index < -0.39 is 0 Å². The van der Waals surface area contributed by atoms with E-state index in [4.69, 9.17) is 4.74 Å². The summed E-state index contributed by atoms with van der Waals surface area (Å²) in [5, 5.41) is 0. The summed E-state index contributed by atoms with van der Waals surface area (Å²) in [5.74, 6) is -0.472. The second-order valence-electron chi connectivity index (χ2n) is 7.46. The molecule has 1 unspecified atom stereocenters. The third-order valence-electron chi connectivity index (χ3n) is 5.26. The van der Waals surface area contributed by atoms with Gasteiger partial charge < -0.3 is 9.30 Å². The van der Waals surface area contributed by atoms with Gasteiger partial charge >= 0.3 is 5.97 Å². The number of nitrogens with zero attached hydrogens (tertiary/aromatic N) is 1. The molecule has 1 atom stereocenters. The van der Waals surface area contributed by atoms with Gasteiger partial charge in [0.05, 0.1) is 6.42 Å². The summed E-state index contributed by atoms with van der Waals surface area (Å²) < 4.78 is 7.39. The molecule has 0 aliphatic carbocycles. The minimum absolute atomic E-state index is 0.0507. The van der Waals surface area contributed by atoms with E-state index in [0.717, 1.165) is 17.0 Å². The Bertz CT molecular complexity index is 974. The van der Waals surface area contributed by atoms with E-state index in [-0.39, 0.29) is 30.7 Å². The number of aromatic nitrogens is 1. The zero-order chi connectivity index (χ0) is 20.8. The van der Waals surface area contributed by atoms with Crippen LogP contribution < -0.4 is 0 Å². The maximum atomic E-state index is 12.7. The molecule has 0 saturated carbocycles. The Morgan fingerprint density at radius 2 is 1.59 bits per heavy atom. The molecule has 2 aromatic carbocycles. The number of ketones is 1. The van der Waals surface area contributed by atoms with E-state index in [2.05, 4.69) is 16.7 Å². The van der Waals surface area contributed by atoms with Crippen LogP contribution in [0, 0.1) is 13.8 Å². The van der Waals surface area contributed by atoms with Gasteiger partial charge in [0.25, 0.3) is 0 Å². The summed E-state index contributed by atoms with van der Waals surface area (Å²) in [5.41, 5.74) is 4.78. The van der Waals surface area contributed by atoms with Gasteiger partial charge in [0.1, 0.15) is 0 Å². The maximum absolute atomic E-state index is 12.7. The van der Waals surface area contributed by atoms with Crippen molar-refractivity contribution in [3.63, 3.8) is 0 Å². The smallest absolute Gasteiger partial charge is 0.306 e. The fraction of sp³-hybridized carbons (Fsp3) is 0.280. The average molecular weight is 389 g/mol. The topological polar surface area (TPSA) is 48.3 Å². The number of benzene rings is 2. The fourth-order valence-corrected chi connectivity index (χ4v) is 3.52. The lowest BCUT2D eigenvalue weighted by Crippen LogP contribution is -2.16. The first kappa shape index (κ1) is 20.6. The van der Waals surface area contributed by atoms with Crippen LogP contribution >= 0.6 is 0 Å². The molecule has 3 rings (SSSR count). The number of aryl methyl sites for hydroxylation is 1. The van der Waals surface area contributed by atoms with Crippen molar-refractivity contribution in [3.05, 3.63) is 94.8 Å². The second-order valence-corrected chi connectivity index (χ2v) is 7.46. The largest absolute Gasteiger partial charge is 0.457 e. The van der Waals surface area contributed by atoms with Crippen LogP contribution in [0.2, 0.25) is 0 Å². The monoisotopic (exact) mass is 389 g/mol. The maximum Gasteiger partial charge on any atom is 0.306 e. The summed E-state index contributed by atoms with van der Waals surface area (Å²) in [7, 11) is 0. The van der Waals surface area contributed by atoms with Crippen LogP contribution in [-0.2, 0) is 16.1 Å². The summed E-state index contributed by atoms with van der Waals surface area (Å²) in [6.45, 7) is 6.38. The normalized spacial score (nSPS) is 11.8. The Kier molecular flexibility index (Phi) is 6.65. The van der Waals surface area contributed by atoms with Crippen molar-refractivity contribution in [1.82, 2.24) is 4.57 Å². The minimum Gasteiger partial charge on any atom is -0.457 e. The van der Waals surface area contributed by atoms with E-state index in [1.54, 1.807) is 0 Å². The summed E-state index contributed by atoms with van der Waals surface area (Å²) in [4.78, 5) is 24.8. The number of esters is 1. The van der Waals surface area contributed by atoms with Crippen LogP contribution in [0.1, 0.15) is 52.1 Å². The zero-order valence-electron chi connectivity index (χ0n) is 17.2. The van der Waals surface area contributed by atoms with Crippen LogP contribution in [0.5, 0.6) is 0 Å². The van der Waals surface area contributed by atoms with E-state index in [1.807, 2.05) is 75.4 Å². The van der Waals surface area contributed by atoms with Crippen molar-refractivity contribution < 1.29 is 14.3 Å². The van der Waals surface area contributed by atoms with Gasteiger partial charge in [-0.3, -0.25) is 9.59 Å². The Hall–Kier alpha value is -3.14. The molecule has 0 saturated heterocycles. The molecule has 1 aromatic heterocycles. The Labute approximate surface area is 172 Å². The predicted molar refractivity (Wildman–Crippen MR) is 114 cm³/mol. The molecule has 0 spiro atoms. The molecule has 0 amide bonds. The number of carbonyl (C=O) groups excluding carboxylic acids is 2. The van der Waals surface area contributed by atoms with Gasteiger partial charge in [0, 0.05) is 23.5 Å². The predicted octanol–water partition coefficient (Wildman–Crippen LogP) is 5.07. The molecular weight excluding hydrogens is 362 g/mol. The summed E-state index contributed by atoms with van der Waals surface area (Å²) in [6, 6.07) is 21.8. The SMILES string of the molecule is Cc1cc(C(=O)COC(=O)CC(C)c2ccccc2)c(C)n1Cc1ccccc1. The van der Waals surface area contributed by atoms with Crippen molar-refractivity contribution in [2.24, 2.45) is 0 Å². The van der Waals surface area contributed by atoms with Crippen LogP contribution in [0.15, 0.2) is 66.7 Å². The Morgan fingerprint density at radius 1 is 0.966 bits per heavy atom. The number of rotatable bonds is 8. The highest BCUT2D eigenvalue weighted by Crippen LogP contribution is 2.20. The first-order chi connectivity index (χ1) is 14.0. The first-order valence-corrected chi connectivity index (χ1v) is 9.90. The number of hydrogen-bond acceptors (Lipinski definition) is 3. The van der Waals surface area contributed by atoms with Gasteiger partial charge in [0.15, 0.2) is 6.61 Å². The molecule has 150 valence electrons. The standard InChI is InChI=1S/C25H27NO3/c1-18(22-12-8-5-9-13-22)14-25(28)29-17-24(27)23-15-19(2)26(20(23)3)16-21-10-6-4-7-11-21/h4-13,15,18H,14,16-17H2,1-3H3. The van der Waals surface area contributed by atoms with Gasteiger partial charge in [0.2, 0.25) is 5.78 Å². The second kappa shape index (κ2) is 9.37. The number of Topliss-reactive ketones (excluding diaryl/α,β-unsaturated/α-hetero) is 1. The lowest BCUT2D eigenvalue weighted by atomic mass is 9.98. The van der Waals surface area contributed by atoms with Crippen molar-refractivity contribution >= 4 is 11.8 Å². The first-order valence-electron chi connectivity index (χ1n) is 9.90. The van der Waals surface area contributed by atoms with Gasteiger partial charge in [-0.2, -0.15) is 0 Å². The molecule has 0 aliphatic rings. The van der Waals surface area contributed by atoms with Crippen LogP contribution in [0.25, 0.3) is 0 Å². The fourth-order valence-electron chi connectivity index (χ4n) is 3.52. The highest BCUT2D eigenvalue weighted by atomic mass is 16.5. The molecule has 0 bridgehead atoms. The average Bonchev–Trinajstić information content (AvgIpc) is 3.01. The quantitative estimate of drug-likeness (QED) is 0.399. The van der Waals surface area contributed by atoms with Gasteiger partial charge in [-0.05, 0) is 37.0 Å². The molecule has 3 aromatic rings. The highest BCUT2D eigenvalue weighted by molar-refractivity contribution is 5.99. The lowest BCUT2D eigenvalue weighted by molar-refractivity contribution is -0.142. The molecule has 0 fully saturated rings. The van der Waals surface area contributed by atoms with Crippen LogP contribution in [0.4, 0.5) is 0 Å². The molecule has 29 heavy (non-hydrogen) atoms. The van der Waals surface area contributed by atoms with Gasteiger partial charge in [-0.1, -0.05) is 67.6 Å². The van der Waals surface area contributed by atoms with Gasteiger partial charge in [-0.25, -0.2) is 0 Å². The van der Waals surface area contributed by atoms with Crippen LogP contribution in [0.3, 0.4) is 0 Å². The molecule has 4 nitrogen and oxygen atoms in total. The van der Waals surface area contributed by atoms with Crippen molar-refractivity contribution in [2.75, 3.05) is 6.61 Å². The van der Waals surface area contributed by atoms with E-state index >= 15 is 0 Å². The van der Waals surface area contributed by atoms with E-state index in [9.17, 15) is 9.59 Å². The molecule has 1 heterocycles.